The van der Waals surface area contributed by atoms with E-state index in [9.17, 15) is 14.7 Å². The summed E-state index contributed by atoms with van der Waals surface area (Å²) in [6.07, 6.45) is 7.45. The first kappa shape index (κ1) is 15.3. The molecule has 1 heterocycles. The Morgan fingerprint density at radius 3 is 2.57 bits per heavy atom. The molecule has 2 rings (SSSR count). The second kappa shape index (κ2) is 6.56. The number of carboxylic acid groups (broad SMARTS) is 1. The van der Waals surface area contributed by atoms with E-state index in [-0.39, 0.29) is 29.1 Å². The van der Waals surface area contributed by atoms with Crippen LogP contribution < -0.4 is 5.32 Å². The van der Waals surface area contributed by atoms with E-state index in [1.54, 1.807) is 0 Å². The number of pyridine rings is 1. The molecule has 1 fully saturated rings. The number of carboxylic acids is 1. The number of aliphatic carboxylic acids is 1. The van der Waals surface area contributed by atoms with Crippen LogP contribution in [0.2, 0.25) is 0 Å². The molecule has 6 nitrogen and oxygen atoms in total. The maximum atomic E-state index is 12.1. The zero-order valence-corrected chi connectivity index (χ0v) is 11.8. The van der Waals surface area contributed by atoms with Crippen LogP contribution in [-0.2, 0) is 4.79 Å². The summed E-state index contributed by atoms with van der Waals surface area (Å²) in [4.78, 5) is 26.9. The Morgan fingerprint density at radius 2 is 1.95 bits per heavy atom. The third-order valence-corrected chi connectivity index (χ3v) is 4.05. The van der Waals surface area contributed by atoms with Crippen molar-refractivity contribution < 1.29 is 19.8 Å². The first-order chi connectivity index (χ1) is 10.0. The summed E-state index contributed by atoms with van der Waals surface area (Å²) in [5, 5.41) is 21.2. The molecule has 1 aromatic heterocycles. The summed E-state index contributed by atoms with van der Waals surface area (Å²) in [6, 6.07) is 1.34. The zero-order chi connectivity index (χ0) is 15.3. The lowest BCUT2D eigenvalue weighted by Gasteiger charge is -2.36. The zero-order valence-electron chi connectivity index (χ0n) is 11.8. The Balaban J connectivity index is 2.01. The fourth-order valence-corrected chi connectivity index (χ4v) is 2.96. The van der Waals surface area contributed by atoms with Crippen LogP contribution in [0, 0.1) is 5.41 Å². The van der Waals surface area contributed by atoms with Gasteiger partial charge in [-0.25, -0.2) is 0 Å². The lowest BCUT2D eigenvalue weighted by molar-refractivity contribution is -0.140. The minimum Gasteiger partial charge on any atom is -0.506 e. The molecule has 3 N–H and O–H groups in total. The molecule has 114 valence electrons. The number of hydrogen-bond acceptors (Lipinski definition) is 4. The summed E-state index contributed by atoms with van der Waals surface area (Å²) in [6.45, 7) is 0.341. The Kier molecular flexibility index (Phi) is 4.77. The predicted octanol–water partition coefficient (Wildman–Crippen LogP) is 1.94. The van der Waals surface area contributed by atoms with E-state index in [1.807, 2.05) is 0 Å². The Hall–Kier alpha value is -2.11. The van der Waals surface area contributed by atoms with Crippen molar-refractivity contribution in [3.05, 3.63) is 24.0 Å². The number of amides is 1. The maximum Gasteiger partial charge on any atom is 0.303 e. The fourth-order valence-electron chi connectivity index (χ4n) is 2.96. The fraction of sp³-hybridized carbons (Fsp3) is 0.533. The van der Waals surface area contributed by atoms with E-state index in [4.69, 9.17) is 5.11 Å². The van der Waals surface area contributed by atoms with Crippen LogP contribution in [0.4, 0.5) is 0 Å². The molecule has 6 heteroatoms. The molecule has 0 atom stereocenters. The number of nitrogens with one attached hydrogen (secondary N) is 1. The quantitative estimate of drug-likeness (QED) is 0.770. The third kappa shape index (κ3) is 4.18. The van der Waals surface area contributed by atoms with E-state index < -0.39 is 5.97 Å². The lowest BCUT2D eigenvalue weighted by atomic mass is 9.71. The van der Waals surface area contributed by atoms with Gasteiger partial charge in [-0.1, -0.05) is 19.3 Å². The summed E-state index contributed by atoms with van der Waals surface area (Å²) in [5.41, 5.74) is -0.0828. The van der Waals surface area contributed by atoms with Crippen LogP contribution in [0.15, 0.2) is 18.5 Å². The average Bonchev–Trinajstić information content (AvgIpc) is 2.45. The van der Waals surface area contributed by atoms with Gasteiger partial charge >= 0.3 is 5.97 Å². The topological polar surface area (TPSA) is 99.5 Å². The molecule has 1 amide bonds. The molecular formula is C15H20N2O4. The molecule has 1 aliphatic carbocycles. The number of nitrogens with zero attached hydrogens (tertiary/aromatic N) is 1. The molecule has 0 unspecified atom stereocenters. The number of aromatic hydroxyl groups is 1. The highest BCUT2D eigenvalue weighted by atomic mass is 16.4. The van der Waals surface area contributed by atoms with Crippen LogP contribution in [0.1, 0.15) is 48.9 Å². The van der Waals surface area contributed by atoms with E-state index >= 15 is 0 Å². The van der Waals surface area contributed by atoms with E-state index in [2.05, 4.69) is 10.3 Å². The molecule has 0 aliphatic heterocycles. The van der Waals surface area contributed by atoms with Crippen molar-refractivity contribution in [1.82, 2.24) is 10.3 Å². The van der Waals surface area contributed by atoms with Gasteiger partial charge in [0, 0.05) is 12.7 Å². The van der Waals surface area contributed by atoms with Crippen LogP contribution in [-0.4, -0.2) is 33.6 Å². The van der Waals surface area contributed by atoms with Gasteiger partial charge < -0.3 is 15.5 Å². The van der Waals surface area contributed by atoms with Crippen LogP contribution in [0.3, 0.4) is 0 Å². The van der Waals surface area contributed by atoms with Gasteiger partial charge in [0.15, 0.2) is 0 Å². The molecule has 0 aromatic carbocycles. The molecular weight excluding hydrogens is 272 g/mol. The van der Waals surface area contributed by atoms with Gasteiger partial charge in [-0.2, -0.15) is 0 Å². The largest absolute Gasteiger partial charge is 0.506 e. The van der Waals surface area contributed by atoms with E-state index in [1.165, 1.54) is 18.5 Å². The summed E-state index contributed by atoms with van der Waals surface area (Å²) < 4.78 is 0. The first-order valence-corrected chi connectivity index (χ1v) is 7.15. The predicted molar refractivity (Wildman–Crippen MR) is 76.0 cm³/mol. The van der Waals surface area contributed by atoms with Gasteiger partial charge in [0.2, 0.25) is 0 Å². The molecule has 0 spiro atoms. The number of carbonyl (C=O) groups is 2. The molecule has 0 bridgehead atoms. The Morgan fingerprint density at radius 1 is 1.24 bits per heavy atom. The van der Waals surface area contributed by atoms with Crippen LogP contribution >= 0.6 is 0 Å². The number of aromatic nitrogens is 1. The Bertz CT molecular complexity index is 524. The van der Waals surface area contributed by atoms with Crippen molar-refractivity contribution in [2.75, 3.05) is 6.54 Å². The van der Waals surface area contributed by atoms with Gasteiger partial charge in [-0.05, 0) is 24.3 Å². The van der Waals surface area contributed by atoms with Crippen molar-refractivity contribution in [3.63, 3.8) is 0 Å². The minimum absolute atomic E-state index is 0.0689. The van der Waals surface area contributed by atoms with Gasteiger partial charge in [-0.15, -0.1) is 0 Å². The van der Waals surface area contributed by atoms with Gasteiger partial charge in [0.1, 0.15) is 5.75 Å². The van der Waals surface area contributed by atoms with Gasteiger partial charge in [0.25, 0.3) is 5.91 Å². The monoisotopic (exact) mass is 292 g/mol. The second-order valence-corrected chi connectivity index (χ2v) is 5.75. The highest BCUT2D eigenvalue weighted by Crippen LogP contribution is 2.38. The lowest BCUT2D eigenvalue weighted by Crippen LogP contribution is -2.40. The summed E-state index contributed by atoms with van der Waals surface area (Å²) >= 11 is 0. The smallest absolute Gasteiger partial charge is 0.303 e. The molecule has 1 aromatic rings. The molecule has 1 aliphatic rings. The van der Waals surface area contributed by atoms with Gasteiger partial charge in [0.05, 0.1) is 18.2 Å². The molecule has 0 radical (unpaired) electrons. The first-order valence-electron chi connectivity index (χ1n) is 7.15. The highest BCUT2D eigenvalue weighted by Gasteiger charge is 2.34. The minimum atomic E-state index is -0.829. The molecule has 21 heavy (non-hydrogen) atoms. The second-order valence-electron chi connectivity index (χ2n) is 5.75. The van der Waals surface area contributed by atoms with Crippen molar-refractivity contribution >= 4 is 11.9 Å². The summed E-state index contributed by atoms with van der Waals surface area (Å²) in [5.74, 6) is -1.24. The van der Waals surface area contributed by atoms with Crippen LogP contribution in [0.25, 0.3) is 0 Å². The molecule has 0 saturated heterocycles. The van der Waals surface area contributed by atoms with E-state index in [0.717, 1.165) is 32.1 Å². The summed E-state index contributed by atoms with van der Waals surface area (Å²) in [7, 11) is 0. The van der Waals surface area contributed by atoms with Crippen molar-refractivity contribution in [3.8, 4) is 5.75 Å². The van der Waals surface area contributed by atoms with Crippen LogP contribution in [0.5, 0.6) is 5.75 Å². The normalized spacial score (nSPS) is 17.1. The average molecular weight is 292 g/mol. The number of rotatable bonds is 5. The van der Waals surface area contributed by atoms with Crippen molar-refractivity contribution in [2.24, 2.45) is 5.41 Å². The highest BCUT2D eigenvalue weighted by molar-refractivity contribution is 5.94. The standard InChI is InChI=1S/C15H20N2O4/c18-12-6-11(8-16-9-12)14(21)17-10-15(7-13(19)20)4-2-1-3-5-15/h6,8-9,18H,1-5,7,10H2,(H,17,21)(H,19,20). The van der Waals surface area contributed by atoms with Crippen molar-refractivity contribution in [1.29, 1.82) is 0 Å². The van der Waals surface area contributed by atoms with Gasteiger partial charge in [-0.3, -0.25) is 14.6 Å². The van der Waals surface area contributed by atoms with Crippen molar-refractivity contribution in [2.45, 2.75) is 38.5 Å². The van der Waals surface area contributed by atoms with E-state index in [0.29, 0.717) is 6.54 Å². The number of carbonyl (C=O) groups excluding carboxylic acids is 1. The third-order valence-electron chi connectivity index (χ3n) is 4.05. The Labute approximate surface area is 123 Å². The maximum absolute atomic E-state index is 12.1. The SMILES string of the molecule is O=C(O)CC1(CNC(=O)c2cncc(O)c2)CCCCC1. The molecule has 1 saturated carbocycles. The number of hydrogen-bond donors (Lipinski definition) is 3.